The molecule has 0 radical (unpaired) electrons. The van der Waals surface area contributed by atoms with Gasteiger partial charge in [-0.2, -0.15) is 4.98 Å². The van der Waals surface area contributed by atoms with Crippen molar-refractivity contribution in [3.8, 4) is 0 Å². The number of imidazole rings is 1. The van der Waals surface area contributed by atoms with Crippen LogP contribution in [0, 0.1) is 6.92 Å². The number of hydrogen-bond acceptors (Lipinski definition) is 5. The lowest BCUT2D eigenvalue weighted by Crippen LogP contribution is -2.37. The van der Waals surface area contributed by atoms with Crippen LogP contribution < -0.4 is 16.6 Å². The van der Waals surface area contributed by atoms with Crippen molar-refractivity contribution in [2.24, 2.45) is 14.1 Å². The Morgan fingerprint density at radius 1 is 1.19 bits per heavy atom. The summed E-state index contributed by atoms with van der Waals surface area (Å²) in [6, 6.07) is 7.91. The number of benzene rings is 1. The molecule has 2 aromatic heterocycles. The van der Waals surface area contributed by atoms with Crippen LogP contribution in [0.15, 0.2) is 33.9 Å². The summed E-state index contributed by atoms with van der Waals surface area (Å²) in [6.45, 7) is 4.45. The minimum Gasteiger partial charge on any atom is -0.396 e. The average Bonchev–Trinajstić information content (AvgIpc) is 2.98. The van der Waals surface area contributed by atoms with Gasteiger partial charge in [0, 0.05) is 26.7 Å². The van der Waals surface area contributed by atoms with Gasteiger partial charge >= 0.3 is 5.69 Å². The van der Waals surface area contributed by atoms with Crippen LogP contribution in [0.2, 0.25) is 0 Å². The van der Waals surface area contributed by atoms with E-state index < -0.39 is 5.69 Å². The maximum absolute atomic E-state index is 12.8. The predicted molar refractivity (Wildman–Crippen MR) is 105 cm³/mol. The standard InChI is InChI=1S/C19H25N5O3/c1-12-7-5-6-8-14(12)11-24-15-16(21-18(24)20-13(2)9-10-25)22(3)19(27)23(4)17(15)26/h5-8,13,25H,9-11H2,1-4H3,(H,20,21). The van der Waals surface area contributed by atoms with Gasteiger partial charge in [-0.05, 0) is 31.4 Å². The van der Waals surface area contributed by atoms with E-state index in [0.29, 0.717) is 30.1 Å². The third kappa shape index (κ3) is 3.40. The second-order valence-electron chi connectivity index (χ2n) is 6.88. The number of aryl methyl sites for hydroxylation is 2. The summed E-state index contributed by atoms with van der Waals surface area (Å²) in [6.07, 6.45) is 0.546. The molecule has 2 heterocycles. The Bertz CT molecular complexity index is 1090. The van der Waals surface area contributed by atoms with Crippen molar-refractivity contribution in [2.75, 3.05) is 11.9 Å². The summed E-state index contributed by atoms with van der Waals surface area (Å²) in [5, 5.41) is 12.5. The molecule has 0 aliphatic rings. The Labute approximate surface area is 156 Å². The highest BCUT2D eigenvalue weighted by Gasteiger charge is 2.20. The second-order valence-corrected chi connectivity index (χ2v) is 6.88. The third-order valence-corrected chi connectivity index (χ3v) is 4.88. The predicted octanol–water partition coefficient (Wildman–Crippen LogP) is 0.973. The summed E-state index contributed by atoms with van der Waals surface area (Å²) in [4.78, 5) is 29.7. The molecule has 8 heteroatoms. The number of nitrogens with zero attached hydrogens (tertiary/aromatic N) is 4. The zero-order valence-electron chi connectivity index (χ0n) is 16.1. The van der Waals surface area contributed by atoms with Crippen LogP contribution in [-0.4, -0.2) is 36.4 Å². The van der Waals surface area contributed by atoms with Crippen molar-refractivity contribution in [2.45, 2.75) is 32.9 Å². The molecule has 0 saturated carbocycles. The van der Waals surface area contributed by atoms with Gasteiger partial charge in [-0.3, -0.25) is 18.5 Å². The summed E-state index contributed by atoms with van der Waals surface area (Å²) >= 11 is 0. The Hall–Kier alpha value is -2.87. The first-order chi connectivity index (χ1) is 12.8. The first-order valence-electron chi connectivity index (χ1n) is 8.93. The van der Waals surface area contributed by atoms with Crippen LogP contribution in [0.4, 0.5) is 5.95 Å². The van der Waals surface area contributed by atoms with Gasteiger partial charge in [-0.15, -0.1) is 0 Å². The molecule has 1 aromatic carbocycles. The first-order valence-corrected chi connectivity index (χ1v) is 8.93. The largest absolute Gasteiger partial charge is 0.396 e. The zero-order chi connectivity index (χ0) is 19.7. The molecule has 0 spiro atoms. The van der Waals surface area contributed by atoms with Crippen molar-refractivity contribution in [1.29, 1.82) is 0 Å². The molecule has 0 saturated heterocycles. The second kappa shape index (κ2) is 7.40. The first kappa shape index (κ1) is 18.9. The molecule has 0 bridgehead atoms. The van der Waals surface area contributed by atoms with Gasteiger partial charge in [0.2, 0.25) is 5.95 Å². The topological polar surface area (TPSA) is 94.1 Å². The highest BCUT2D eigenvalue weighted by atomic mass is 16.3. The zero-order valence-corrected chi connectivity index (χ0v) is 16.1. The van der Waals surface area contributed by atoms with Crippen LogP contribution in [0.3, 0.4) is 0 Å². The normalized spacial score (nSPS) is 12.5. The molecule has 2 N–H and O–H groups in total. The maximum Gasteiger partial charge on any atom is 0.332 e. The third-order valence-electron chi connectivity index (χ3n) is 4.88. The van der Waals surface area contributed by atoms with Gasteiger partial charge in [-0.1, -0.05) is 24.3 Å². The smallest absolute Gasteiger partial charge is 0.332 e. The van der Waals surface area contributed by atoms with Crippen molar-refractivity contribution < 1.29 is 5.11 Å². The van der Waals surface area contributed by atoms with E-state index in [-0.39, 0.29) is 18.2 Å². The lowest BCUT2D eigenvalue weighted by molar-refractivity contribution is 0.282. The SMILES string of the molecule is Cc1ccccc1Cn1c(NC(C)CCO)nc2c1c(=O)n(C)c(=O)n2C. The molecule has 0 amide bonds. The fraction of sp³-hybridized carbons (Fsp3) is 0.421. The molecule has 27 heavy (non-hydrogen) atoms. The Morgan fingerprint density at radius 3 is 2.56 bits per heavy atom. The number of anilines is 1. The van der Waals surface area contributed by atoms with Crippen LogP contribution in [0.25, 0.3) is 11.2 Å². The lowest BCUT2D eigenvalue weighted by atomic mass is 10.1. The summed E-state index contributed by atoms with van der Waals surface area (Å²) in [5.74, 6) is 0.507. The Kier molecular flexibility index (Phi) is 5.18. The fourth-order valence-electron chi connectivity index (χ4n) is 3.15. The quantitative estimate of drug-likeness (QED) is 0.673. The Morgan fingerprint density at radius 2 is 1.89 bits per heavy atom. The van der Waals surface area contributed by atoms with E-state index in [4.69, 9.17) is 0 Å². The molecule has 144 valence electrons. The number of nitrogens with one attached hydrogen (secondary N) is 1. The van der Waals surface area contributed by atoms with E-state index in [0.717, 1.165) is 15.7 Å². The van der Waals surface area contributed by atoms with Crippen LogP contribution in [-0.2, 0) is 20.6 Å². The minimum atomic E-state index is -0.414. The molecule has 3 aromatic rings. The molecule has 1 atom stereocenters. The summed E-state index contributed by atoms with van der Waals surface area (Å²) in [7, 11) is 3.08. The molecule has 1 unspecified atom stereocenters. The van der Waals surface area contributed by atoms with Gasteiger partial charge in [0.05, 0.1) is 6.54 Å². The number of aliphatic hydroxyl groups is 1. The monoisotopic (exact) mass is 371 g/mol. The van der Waals surface area contributed by atoms with Crippen molar-refractivity contribution in [3.63, 3.8) is 0 Å². The van der Waals surface area contributed by atoms with Crippen molar-refractivity contribution in [3.05, 3.63) is 56.2 Å². The van der Waals surface area contributed by atoms with Gasteiger partial charge < -0.3 is 10.4 Å². The highest BCUT2D eigenvalue weighted by molar-refractivity contribution is 5.74. The Balaban J connectivity index is 2.25. The minimum absolute atomic E-state index is 0.0386. The molecular formula is C19H25N5O3. The van der Waals surface area contributed by atoms with Crippen LogP contribution in [0.5, 0.6) is 0 Å². The van der Waals surface area contributed by atoms with E-state index in [9.17, 15) is 14.7 Å². The number of aromatic nitrogens is 4. The van der Waals surface area contributed by atoms with Crippen LogP contribution >= 0.6 is 0 Å². The lowest BCUT2D eigenvalue weighted by Gasteiger charge is -2.16. The van der Waals surface area contributed by atoms with Gasteiger partial charge in [-0.25, -0.2) is 4.79 Å². The number of aliphatic hydroxyl groups excluding tert-OH is 1. The maximum atomic E-state index is 12.8. The van der Waals surface area contributed by atoms with Gasteiger partial charge in [0.15, 0.2) is 11.2 Å². The van der Waals surface area contributed by atoms with E-state index >= 15 is 0 Å². The van der Waals surface area contributed by atoms with Gasteiger partial charge in [0.1, 0.15) is 0 Å². The van der Waals surface area contributed by atoms with E-state index in [1.807, 2.05) is 42.7 Å². The number of fused-ring (bicyclic) bond motifs is 1. The summed E-state index contributed by atoms with van der Waals surface area (Å²) < 4.78 is 4.29. The molecule has 8 nitrogen and oxygen atoms in total. The van der Waals surface area contributed by atoms with Gasteiger partial charge in [0.25, 0.3) is 5.56 Å². The summed E-state index contributed by atoms with van der Waals surface area (Å²) in [5.41, 5.74) is 2.10. The van der Waals surface area contributed by atoms with E-state index in [2.05, 4.69) is 10.3 Å². The average molecular weight is 371 g/mol. The molecule has 0 aliphatic carbocycles. The molecular weight excluding hydrogens is 346 g/mol. The van der Waals surface area contributed by atoms with Crippen molar-refractivity contribution >= 4 is 17.1 Å². The fourth-order valence-corrected chi connectivity index (χ4v) is 3.15. The molecule has 0 aliphatic heterocycles. The molecule has 0 fully saturated rings. The van der Waals surface area contributed by atoms with E-state index in [1.165, 1.54) is 11.6 Å². The highest BCUT2D eigenvalue weighted by Crippen LogP contribution is 2.20. The van der Waals surface area contributed by atoms with Crippen LogP contribution in [0.1, 0.15) is 24.5 Å². The van der Waals surface area contributed by atoms with E-state index in [1.54, 1.807) is 7.05 Å². The number of hydrogen-bond donors (Lipinski definition) is 2. The molecule has 3 rings (SSSR count). The van der Waals surface area contributed by atoms with Crippen molar-refractivity contribution in [1.82, 2.24) is 18.7 Å². The number of rotatable bonds is 6.